The first kappa shape index (κ1) is 18.4. The minimum atomic E-state index is -0.310. The molecule has 5 nitrogen and oxygen atoms in total. The van der Waals surface area contributed by atoms with E-state index in [2.05, 4.69) is 41.0 Å². The molecule has 1 unspecified atom stereocenters. The fourth-order valence-corrected chi connectivity index (χ4v) is 5.26. The average molecular weight is 428 g/mol. The highest BCUT2D eigenvalue weighted by molar-refractivity contribution is 7.21. The lowest BCUT2D eigenvalue weighted by Crippen LogP contribution is -2.37. The van der Waals surface area contributed by atoms with Gasteiger partial charge in [-0.25, -0.2) is 4.98 Å². The molecule has 1 fully saturated rings. The number of carbonyl (C=O) groups excluding carboxylic acids is 1. The van der Waals surface area contributed by atoms with Gasteiger partial charge in [0.05, 0.1) is 12.8 Å². The van der Waals surface area contributed by atoms with Gasteiger partial charge in [0.1, 0.15) is 21.6 Å². The normalized spacial score (nSPS) is 17.7. The molecule has 31 heavy (non-hydrogen) atoms. The molecule has 2 aliphatic rings. The van der Waals surface area contributed by atoms with E-state index in [4.69, 9.17) is 9.72 Å². The molecule has 0 bridgehead atoms. The van der Waals surface area contributed by atoms with E-state index in [9.17, 15) is 4.79 Å². The number of benzene rings is 2. The van der Waals surface area contributed by atoms with Crippen molar-refractivity contribution in [2.24, 2.45) is 0 Å². The summed E-state index contributed by atoms with van der Waals surface area (Å²) in [7, 11) is 1.65. The molecule has 3 heterocycles. The number of ether oxygens (including phenoxy) is 1. The fraction of sp³-hybridized carbons (Fsp3) is 0.200. The number of thiophene rings is 1. The van der Waals surface area contributed by atoms with Gasteiger partial charge in [-0.3, -0.25) is 4.79 Å². The van der Waals surface area contributed by atoms with Crippen LogP contribution in [0.1, 0.15) is 45.9 Å². The molecule has 0 spiro atoms. The molecule has 1 aliphatic carbocycles. The van der Waals surface area contributed by atoms with Crippen LogP contribution in [0.5, 0.6) is 5.75 Å². The summed E-state index contributed by atoms with van der Waals surface area (Å²) >= 11 is 1.47. The summed E-state index contributed by atoms with van der Waals surface area (Å²) in [6, 6.07) is 20.4. The third-order valence-electron chi connectivity index (χ3n) is 5.98. The number of rotatable bonds is 4. The number of hydrogen-bond acceptors (Lipinski definition) is 5. The molecule has 0 saturated heterocycles. The Morgan fingerprint density at radius 2 is 1.81 bits per heavy atom. The lowest BCUT2D eigenvalue weighted by Gasteiger charge is -2.27. The maximum atomic E-state index is 13.0. The number of hydrogen-bond donors (Lipinski definition) is 2. The van der Waals surface area contributed by atoms with Crippen molar-refractivity contribution in [2.45, 2.75) is 24.9 Å². The monoisotopic (exact) mass is 427 g/mol. The van der Waals surface area contributed by atoms with Gasteiger partial charge in [-0.2, -0.15) is 0 Å². The number of methoxy groups -OCH3 is 1. The Kier molecular flexibility index (Phi) is 4.21. The minimum absolute atomic E-state index is 0.0652. The maximum Gasteiger partial charge on any atom is 0.265 e. The van der Waals surface area contributed by atoms with Crippen LogP contribution in [0, 0.1) is 0 Å². The standard InChI is InChI=1S/C25H21N3O2S/c1-30-17-11-9-16(10-12-17)23-27-21-20-18(14-5-3-2-4-6-14)13-19(15-7-8-15)26-25(20)31-22(21)24(29)28-23/h2-6,9-13,15,23,27H,7-8H2,1H3,(H,28,29). The van der Waals surface area contributed by atoms with Gasteiger partial charge in [0.2, 0.25) is 0 Å². The summed E-state index contributed by atoms with van der Waals surface area (Å²) < 4.78 is 5.27. The smallest absolute Gasteiger partial charge is 0.265 e. The van der Waals surface area contributed by atoms with Crippen molar-refractivity contribution in [3.05, 3.63) is 76.8 Å². The van der Waals surface area contributed by atoms with E-state index in [1.807, 2.05) is 30.3 Å². The van der Waals surface area contributed by atoms with Crippen molar-refractivity contribution in [3.8, 4) is 16.9 Å². The largest absolute Gasteiger partial charge is 0.497 e. The summed E-state index contributed by atoms with van der Waals surface area (Å²) in [5.74, 6) is 1.26. The van der Waals surface area contributed by atoms with E-state index in [1.54, 1.807) is 7.11 Å². The number of pyridine rings is 1. The van der Waals surface area contributed by atoms with Crippen molar-refractivity contribution in [1.82, 2.24) is 10.3 Å². The maximum absolute atomic E-state index is 13.0. The minimum Gasteiger partial charge on any atom is -0.497 e. The number of anilines is 1. The Bertz CT molecular complexity index is 1290. The van der Waals surface area contributed by atoms with Crippen LogP contribution in [0.25, 0.3) is 21.3 Å². The topological polar surface area (TPSA) is 63.2 Å². The second kappa shape index (κ2) is 7.10. The molecule has 6 heteroatoms. The molecule has 6 rings (SSSR count). The van der Waals surface area contributed by atoms with Crippen molar-refractivity contribution in [2.75, 3.05) is 12.4 Å². The molecular formula is C25H21N3O2S. The second-order valence-electron chi connectivity index (χ2n) is 8.05. The molecule has 2 N–H and O–H groups in total. The van der Waals surface area contributed by atoms with Gasteiger partial charge < -0.3 is 15.4 Å². The van der Waals surface area contributed by atoms with Crippen molar-refractivity contribution in [1.29, 1.82) is 0 Å². The summed E-state index contributed by atoms with van der Waals surface area (Å²) in [6.45, 7) is 0. The van der Waals surface area contributed by atoms with E-state index < -0.39 is 0 Å². The van der Waals surface area contributed by atoms with E-state index in [0.29, 0.717) is 10.8 Å². The van der Waals surface area contributed by atoms with Crippen LogP contribution < -0.4 is 15.4 Å². The third-order valence-corrected chi connectivity index (χ3v) is 7.06. The van der Waals surface area contributed by atoms with Crippen molar-refractivity contribution < 1.29 is 9.53 Å². The lowest BCUT2D eigenvalue weighted by molar-refractivity contribution is 0.0940. The Morgan fingerprint density at radius 3 is 2.52 bits per heavy atom. The molecule has 1 aliphatic heterocycles. The quantitative estimate of drug-likeness (QED) is 0.438. The molecule has 154 valence electrons. The molecule has 0 radical (unpaired) electrons. The van der Waals surface area contributed by atoms with Gasteiger partial charge in [0.25, 0.3) is 5.91 Å². The lowest BCUT2D eigenvalue weighted by atomic mass is 9.99. The summed E-state index contributed by atoms with van der Waals surface area (Å²) in [4.78, 5) is 19.6. The highest BCUT2D eigenvalue weighted by atomic mass is 32.1. The van der Waals surface area contributed by atoms with Gasteiger partial charge >= 0.3 is 0 Å². The number of amides is 1. The van der Waals surface area contributed by atoms with E-state index >= 15 is 0 Å². The Balaban J connectivity index is 1.51. The summed E-state index contributed by atoms with van der Waals surface area (Å²) in [5.41, 5.74) is 5.27. The Labute approximate surface area is 184 Å². The highest BCUT2D eigenvalue weighted by Gasteiger charge is 2.32. The van der Waals surface area contributed by atoms with Crippen molar-refractivity contribution >= 4 is 33.1 Å². The first-order chi connectivity index (χ1) is 15.2. The molecule has 2 aromatic heterocycles. The van der Waals surface area contributed by atoms with E-state index in [-0.39, 0.29) is 12.1 Å². The molecule has 1 amide bonds. The highest BCUT2D eigenvalue weighted by Crippen LogP contribution is 2.47. The van der Waals surface area contributed by atoms with Crippen LogP contribution in [0.2, 0.25) is 0 Å². The molecule has 4 aromatic rings. The van der Waals surface area contributed by atoms with Crippen LogP contribution >= 0.6 is 11.3 Å². The number of aromatic nitrogens is 1. The Hall–Kier alpha value is -3.38. The molecule has 1 atom stereocenters. The second-order valence-corrected chi connectivity index (χ2v) is 9.04. The zero-order valence-electron chi connectivity index (χ0n) is 17.0. The van der Waals surface area contributed by atoms with Crippen LogP contribution in [0.15, 0.2) is 60.7 Å². The van der Waals surface area contributed by atoms with E-state index in [1.165, 1.54) is 24.2 Å². The predicted octanol–water partition coefficient (Wildman–Crippen LogP) is 5.70. The summed E-state index contributed by atoms with van der Waals surface area (Å²) in [6.07, 6.45) is 2.07. The fourth-order valence-electron chi connectivity index (χ4n) is 4.19. The number of nitrogens with zero attached hydrogens (tertiary/aromatic N) is 1. The molecule has 1 saturated carbocycles. The van der Waals surface area contributed by atoms with Crippen LogP contribution in [-0.4, -0.2) is 18.0 Å². The summed E-state index contributed by atoms with van der Waals surface area (Å²) in [5, 5.41) is 7.70. The van der Waals surface area contributed by atoms with Gasteiger partial charge in [-0.1, -0.05) is 42.5 Å². The van der Waals surface area contributed by atoms with Gasteiger partial charge in [-0.15, -0.1) is 11.3 Å². The van der Waals surface area contributed by atoms with Crippen LogP contribution in [-0.2, 0) is 0 Å². The molecular weight excluding hydrogens is 406 g/mol. The van der Waals surface area contributed by atoms with Gasteiger partial charge in [-0.05, 0) is 47.7 Å². The number of fused-ring (bicyclic) bond motifs is 3. The van der Waals surface area contributed by atoms with Crippen LogP contribution in [0.4, 0.5) is 5.69 Å². The zero-order chi connectivity index (χ0) is 20.9. The Morgan fingerprint density at radius 1 is 1.03 bits per heavy atom. The zero-order valence-corrected chi connectivity index (χ0v) is 17.8. The van der Waals surface area contributed by atoms with E-state index in [0.717, 1.165) is 44.0 Å². The van der Waals surface area contributed by atoms with Gasteiger partial charge in [0.15, 0.2) is 0 Å². The first-order valence-electron chi connectivity index (χ1n) is 10.5. The number of nitrogens with one attached hydrogen (secondary N) is 2. The third kappa shape index (κ3) is 3.15. The van der Waals surface area contributed by atoms with Gasteiger partial charge in [0, 0.05) is 17.0 Å². The predicted molar refractivity (Wildman–Crippen MR) is 124 cm³/mol. The van der Waals surface area contributed by atoms with Crippen molar-refractivity contribution in [3.63, 3.8) is 0 Å². The SMILES string of the molecule is COc1ccc(C2NC(=O)c3sc4nc(C5CC5)cc(-c5ccccc5)c4c3N2)cc1. The first-order valence-corrected chi connectivity index (χ1v) is 11.3. The molecule has 2 aromatic carbocycles. The number of carbonyl (C=O) groups is 1. The van der Waals surface area contributed by atoms with Crippen LogP contribution in [0.3, 0.4) is 0 Å². The average Bonchev–Trinajstić information content (AvgIpc) is 3.60.